The Morgan fingerprint density at radius 2 is 2.36 bits per heavy atom. The number of aromatic amines is 1. The minimum atomic E-state index is -0.824. The van der Waals surface area contributed by atoms with Gasteiger partial charge in [-0.15, -0.1) is 0 Å². The lowest BCUT2D eigenvalue weighted by molar-refractivity contribution is 0.259. The molecular formula is C4H5N3O3S. The molecule has 11 heavy (non-hydrogen) atoms. The molecule has 0 aliphatic rings. The van der Waals surface area contributed by atoms with E-state index in [0.29, 0.717) is 11.3 Å². The standard InChI is InChI=1S/C4H5N3O3S/c5-3(9)7-2-1(8)6-4(10)11-2/h8H,(H,6,10)(H3,5,7,9). The van der Waals surface area contributed by atoms with Crippen LogP contribution in [0.15, 0.2) is 4.79 Å². The number of anilines is 1. The second-order valence-corrected chi connectivity index (χ2v) is 2.66. The van der Waals surface area contributed by atoms with Crippen molar-refractivity contribution < 1.29 is 9.90 Å². The molecule has 0 aliphatic heterocycles. The smallest absolute Gasteiger partial charge is 0.317 e. The number of nitrogens with one attached hydrogen (secondary N) is 2. The molecule has 0 saturated carbocycles. The van der Waals surface area contributed by atoms with E-state index in [-0.39, 0.29) is 10.9 Å². The van der Waals surface area contributed by atoms with E-state index in [1.165, 1.54) is 0 Å². The second-order valence-electron chi connectivity index (χ2n) is 1.68. The van der Waals surface area contributed by atoms with Gasteiger partial charge >= 0.3 is 10.9 Å². The summed E-state index contributed by atoms with van der Waals surface area (Å²) in [6.45, 7) is 0. The molecule has 0 unspecified atom stereocenters. The SMILES string of the molecule is NC(=O)Nc1sc(=O)[nH]c1O. The quantitative estimate of drug-likeness (QED) is 0.467. The average molecular weight is 175 g/mol. The Bertz CT molecular complexity index is 328. The summed E-state index contributed by atoms with van der Waals surface area (Å²) in [5, 5.41) is 11.0. The summed E-state index contributed by atoms with van der Waals surface area (Å²) < 4.78 is 0. The fourth-order valence-electron chi connectivity index (χ4n) is 0.517. The van der Waals surface area contributed by atoms with Crippen LogP contribution in [0.5, 0.6) is 5.88 Å². The number of carbonyl (C=O) groups excluding carboxylic acids is 1. The molecular weight excluding hydrogens is 170 g/mol. The van der Waals surface area contributed by atoms with E-state index in [9.17, 15) is 9.59 Å². The highest BCUT2D eigenvalue weighted by atomic mass is 32.1. The molecule has 0 radical (unpaired) electrons. The molecule has 0 saturated heterocycles. The van der Waals surface area contributed by atoms with Crippen molar-refractivity contribution in [2.75, 3.05) is 5.32 Å². The van der Waals surface area contributed by atoms with E-state index in [0.717, 1.165) is 0 Å². The van der Waals surface area contributed by atoms with Crippen LogP contribution < -0.4 is 15.9 Å². The highest BCUT2D eigenvalue weighted by Crippen LogP contribution is 2.21. The molecule has 1 heterocycles. The molecule has 0 aromatic carbocycles. The van der Waals surface area contributed by atoms with Crippen molar-refractivity contribution >= 4 is 22.4 Å². The van der Waals surface area contributed by atoms with E-state index in [4.69, 9.17) is 10.8 Å². The maximum absolute atomic E-state index is 10.5. The number of urea groups is 1. The number of aromatic nitrogens is 1. The van der Waals surface area contributed by atoms with E-state index in [2.05, 4.69) is 10.3 Å². The normalized spacial score (nSPS) is 9.45. The van der Waals surface area contributed by atoms with Gasteiger partial charge in [-0.05, 0) is 0 Å². The van der Waals surface area contributed by atoms with Gasteiger partial charge in [-0.25, -0.2) is 4.79 Å². The van der Waals surface area contributed by atoms with Gasteiger partial charge in [-0.2, -0.15) is 0 Å². The molecule has 7 heteroatoms. The zero-order valence-corrected chi connectivity index (χ0v) is 6.07. The molecule has 0 atom stereocenters. The third kappa shape index (κ3) is 1.71. The summed E-state index contributed by atoms with van der Waals surface area (Å²) in [5.41, 5.74) is 4.73. The maximum atomic E-state index is 10.5. The summed E-state index contributed by atoms with van der Waals surface area (Å²) in [7, 11) is 0. The number of nitrogens with two attached hydrogens (primary N) is 1. The lowest BCUT2D eigenvalue weighted by Gasteiger charge is -1.94. The van der Waals surface area contributed by atoms with E-state index in [1.54, 1.807) is 0 Å². The zero-order valence-electron chi connectivity index (χ0n) is 5.25. The van der Waals surface area contributed by atoms with Crippen molar-refractivity contribution in [1.29, 1.82) is 0 Å². The lowest BCUT2D eigenvalue weighted by atomic mass is 10.7. The average Bonchev–Trinajstić information content (AvgIpc) is 2.09. The molecule has 0 spiro atoms. The zero-order chi connectivity index (χ0) is 8.43. The third-order valence-corrected chi connectivity index (χ3v) is 1.65. The van der Waals surface area contributed by atoms with Crippen LogP contribution >= 0.6 is 11.3 Å². The fourth-order valence-corrected chi connectivity index (χ4v) is 1.15. The van der Waals surface area contributed by atoms with Crippen LogP contribution in [-0.4, -0.2) is 16.1 Å². The first-order valence-electron chi connectivity index (χ1n) is 2.58. The highest BCUT2D eigenvalue weighted by molar-refractivity contribution is 7.14. The molecule has 5 N–H and O–H groups in total. The summed E-state index contributed by atoms with van der Waals surface area (Å²) in [6.07, 6.45) is 0. The number of aromatic hydroxyl groups is 1. The highest BCUT2D eigenvalue weighted by Gasteiger charge is 2.06. The minimum Gasteiger partial charge on any atom is -0.492 e. The molecule has 1 aromatic heterocycles. The molecule has 0 bridgehead atoms. The first-order chi connectivity index (χ1) is 5.09. The summed E-state index contributed by atoms with van der Waals surface area (Å²) >= 11 is 0.670. The molecule has 1 aromatic rings. The lowest BCUT2D eigenvalue weighted by Crippen LogP contribution is -2.18. The number of primary amides is 1. The van der Waals surface area contributed by atoms with E-state index < -0.39 is 10.9 Å². The van der Waals surface area contributed by atoms with Gasteiger partial charge in [0.1, 0.15) is 0 Å². The van der Waals surface area contributed by atoms with Crippen LogP contribution in [0.4, 0.5) is 9.80 Å². The molecule has 0 aliphatic carbocycles. The van der Waals surface area contributed by atoms with Gasteiger partial charge in [0.25, 0.3) is 0 Å². The molecule has 0 fully saturated rings. The van der Waals surface area contributed by atoms with Crippen molar-refractivity contribution in [2.45, 2.75) is 0 Å². The largest absolute Gasteiger partial charge is 0.492 e. The van der Waals surface area contributed by atoms with Crippen LogP contribution in [0.2, 0.25) is 0 Å². The number of amides is 2. The molecule has 6 nitrogen and oxygen atoms in total. The Hall–Kier alpha value is -1.50. The minimum absolute atomic E-state index is 0.0301. The number of hydrogen-bond acceptors (Lipinski definition) is 4. The summed E-state index contributed by atoms with van der Waals surface area (Å²) in [4.78, 5) is 22.3. The number of thiazole rings is 1. The Labute approximate surface area is 64.7 Å². The Balaban J connectivity index is 2.94. The Morgan fingerprint density at radius 3 is 2.73 bits per heavy atom. The van der Waals surface area contributed by atoms with Gasteiger partial charge in [0.05, 0.1) is 0 Å². The van der Waals surface area contributed by atoms with Crippen LogP contribution in [0.3, 0.4) is 0 Å². The fraction of sp³-hybridized carbons (Fsp3) is 0. The van der Waals surface area contributed by atoms with Crippen LogP contribution in [-0.2, 0) is 0 Å². The Kier molecular flexibility index (Phi) is 1.81. The van der Waals surface area contributed by atoms with E-state index >= 15 is 0 Å². The maximum Gasteiger partial charge on any atom is 0.317 e. The van der Waals surface area contributed by atoms with Gasteiger partial charge in [0.15, 0.2) is 5.00 Å². The number of H-pyrrole nitrogens is 1. The third-order valence-electron chi connectivity index (χ3n) is 0.867. The number of rotatable bonds is 1. The van der Waals surface area contributed by atoms with E-state index in [1.807, 2.05) is 0 Å². The van der Waals surface area contributed by atoms with Crippen LogP contribution in [0.25, 0.3) is 0 Å². The van der Waals surface area contributed by atoms with Gasteiger partial charge < -0.3 is 10.8 Å². The van der Waals surface area contributed by atoms with Crippen molar-refractivity contribution in [3.8, 4) is 5.88 Å². The number of hydrogen-bond donors (Lipinski definition) is 4. The van der Waals surface area contributed by atoms with Crippen LogP contribution in [0, 0.1) is 0 Å². The van der Waals surface area contributed by atoms with Gasteiger partial charge in [0.2, 0.25) is 5.88 Å². The van der Waals surface area contributed by atoms with Crippen molar-refractivity contribution in [1.82, 2.24) is 4.98 Å². The van der Waals surface area contributed by atoms with Gasteiger partial charge in [-0.1, -0.05) is 11.3 Å². The second kappa shape index (κ2) is 2.62. The monoisotopic (exact) mass is 175 g/mol. The van der Waals surface area contributed by atoms with Crippen LogP contribution in [0.1, 0.15) is 0 Å². The van der Waals surface area contributed by atoms with Crippen molar-refractivity contribution in [3.63, 3.8) is 0 Å². The molecule has 2 amide bonds. The first kappa shape index (κ1) is 7.61. The van der Waals surface area contributed by atoms with Crippen molar-refractivity contribution in [3.05, 3.63) is 9.67 Å². The predicted molar refractivity (Wildman–Crippen MR) is 39.8 cm³/mol. The Morgan fingerprint density at radius 1 is 1.73 bits per heavy atom. The summed E-state index contributed by atoms with van der Waals surface area (Å²) in [5.74, 6) is -0.376. The summed E-state index contributed by atoms with van der Waals surface area (Å²) in [6, 6.07) is -0.824. The number of carbonyl (C=O) groups is 1. The van der Waals surface area contributed by atoms with Gasteiger partial charge in [-0.3, -0.25) is 15.1 Å². The van der Waals surface area contributed by atoms with Crippen molar-refractivity contribution in [2.24, 2.45) is 5.73 Å². The first-order valence-corrected chi connectivity index (χ1v) is 3.40. The molecule has 1 rings (SSSR count). The topological polar surface area (TPSA) is 108 Å². The van der Waals surface area contributed by atoms with Gasteiger partial charge in [0, 0.05) is 0 Å². The molecule has 60 valence electrons. The predicted octanol–water partition coefficient (Wildman–Crippen LogP) is -0.367.